The van der Waals surface area contributed by atoms with Gasteiger partial charge < -0.3 is 10.2 Å². The summed E-state index contributed by atoms with van der Waals surface area (Å²) in [6.45, 7) is 4.79. The molecule has 2 aromatic carbocycles. The number of nitro benzene ring substituents is 1. The van der Waals surface area contributed by atoms with Crippen molar-refractivity contribution in [2.45, 2.75) is 13.8 Å². The lowest BCUT2D eigenvalue weighted by Gasteiger charge is -2.24. The van der Waals surface area contributed by atoms with Gasteiger partial charge in [0.05, 0.1) is 4.92 Å². The Balaban J connectivity index is 2.48. The SMILES string of the molecule is CCN(c1ccc(C)cc1)c1cc(NC)cc([N+](=O)[O-])c1. The van der Waals surface area contributed by atoms with Gasteiger partial charge in [0, 0.05) is 42.8 Å². The summed E-state index contributed by atoms with van der Waals surface area (Å²) in [6.07, 6.45) is 0. The number of nitrogens with zero attached hydrogens (tertiary/aromatic N) is 2. The standard InChI is InChI=1S/C16H19N3O2/c1-4-18(14-7-5-12(2)6-8-14)15-9-13(17-3)10-16(11-15)19(20)21/h5-11,17H,4H2,1-3H3. The van der Waals surface area contributed by atoms with Crippen LogP contribution in [0.15, 0.2) is 42.5 Å². The van der Waals surface area contributed by atoms with Gasteiger partial charge in [-0.3, -0.25) is 10.1 Å². The molecule has 0 fully saturated rings. The van der Waals surface area contributed by atoms with Crippen LogP contribution in [-0.4, -0.2) is 18.5 Å². The minimum Gasteiger partial charge on any atom is -0.388 e. The Morgan fingerprint density at radius 1 is 1.14 bits per heavy atom. The van der Waals surface area contributed by atoms with E-state index in [-0.39, 0.29) is 10.6 Å². The molecule has 110 valence electrons. The predicted molar refractivity (Wildman–Crippen MR) is 86.5 cm³/mol. The zero-order valence-electron chi connectivity index (χ0n) is 12.5. The highest BCUT2D eigenvalue weighted by molar-refractivity contribution is 5.70. The molecule has 21 heavy (non-hydrogen) atoms. The van der Waals surface area contributed by atoms with Crippen molar-refractivity contribution in [3.05, 3.63) is 58.1 Å². The zero-order valence-corrected chi connectivity index (χ0v) is 12.5. The van der Waals surface area contributed by atoms with Crippen molar-refractivity contribution in [1.29, 1.82) is 0 Å². The Morgan fingerprint density at radius 2 is 1.81 bits per heavy atom. The van der Waals surface area contributed by atoms with E-state index in [0.717, 1.165) is 23.6 Å². The largest absolute Gasteiger partial charge is 0.388 e. The lowest BCUT2D eigenvalue weighted by atomic mass is 10.1. The second-order valence-corrected chi connectivity index (χ2v) is 4.83. The van der Waals surface area contributed by atoms with E-state index in [0.29, 0.717) is 0 Å². The second-order valence-electron chi connectivity index (χ2n) is 4.83. The van der Waals surface area contributed by atoms with Crippen LogP contribution in [0.3, 0.4) is 0 Å². The molecule has 0 amide bonds. The third-order valence-electron chi connectivity index (χ3n) is 3.38. The summed E-state index contributed by atoms with van der Waals surface area (Å²) >= 11 is 0. The first kappa shape index (κ1) is 14.8. The van der Waals surface area contributed by atoms with Crippen LogP contribution >= 0.6 is 0 Å². The Bertz CT molecular complexity index is 638. The third kappa shape index (κ3) is 3.31. The normalized spacial score (nSPS) is 10.2. The van der Waals surface area contributed by atoms with Crippen molar-refractivity contribution in [3.8, 4) is 0 Å². The molecular formula is C16H19N3O2. The summed E-state index contributed by atoms with van der Waals surface area (Å²) in [4.78, 5) is 12.8. The number of nitrogens with one attached hydrogen (secondary N) is 1. The summed E-state index contributed by atoms with van der Waals surface area (Å²) in [7, 11) is 1.75. The van der Waals surface area contributed by atoms with Crippen LogP contribution in [-0.2, 0) is 0 Å². The summed E-state index contributed by atoms with van der Waals surface area (Å²) in [6, 6.07) is 13.2. The molecule has 0 saturated heterocycles. The van der Waals surface area contributed by atoms with Crippen molar-refractivity contribution in [2.75, 3.05) is 23.8 Å². The minimum atomic E-state index is -0.368. The van der Waals surface area contributed by atoms with E-state index in [4.69, 9.17) is 0 Å². The average Bonchev–Trinajstić information content (AvgIpc) is 2.49. The Morgan fingerprint density at radius 3 is 2.33 bits per heavy atom. The molecule has 0 unspecified atom stereocenters. The molecule has 0 atom stereocenters. The first-order valence-electron chi connectivity index (χ1n) is 6.86. The fourth-order valence-electron chi connectivity index (χ4n) is 2.24. The molecule has 0 aromatic heterocycles. The summed E-state index contributed by atoms with van der Waals surface area (Å²) in [5, 5.41) is 14.0. The van der Waals surface area contributed by atoms with E-state index in [1.807, 2.05) is 49.1 Å². The third-order valence-corrected chi connectivity index (χ3v) is 3.38. The van der Waals surface area contributed by atoms with E-state index in [2.05, 4.69) is 5.32 Å². The van der Waals surface area contributed by atoms with Gasteiger partial charge in [0.15, 0.2) is 0 Å². The molecule has 1 N–H and O–H groups in total. The predicted octanol–water partition coefficient (Wildman–Crippen LogP) is 4.10. The van der Waals surface area contributed by atoms with E-state index >= 15 is 0 Å². The van der Waals surface area contributed by atoms with Crippen LogP contribution in [0.5, 0.6) is 0 Å². The van der Waals surface area contributed by atoms with Crippen molar-refractivity contribution in [3.63, 3.8) is 0 Å². The van der Waals surface area contributed by atoms with Gasteiger partial charge in [-0.15, -0.1) is 0 Å². The monoisotopic (exact) mass is 285 g/mol. The van der Waals surface area contributed by atoms with Crippen molar-refractivity contribution >= 4 is 22.7 Å². The quantitative estimate of drug-likeness (QED) is 0.663. The highest BCUT2D eigenvalue weighted by Gasteiger charge is 2.14. The molecule has 5 heteroatoms. The van der Waals surface area contributed by atoms with Crippen molar-refractivity contribution in [2.24, 2.45) is 0 Å². The number of rotatable bonds is 5. The number of aryl methyl sites for hydroxylation is 1. The molecule has 0 aliphatic rings. The maximum atomic E-state index is 11.1. The molecule has 0 radical (unpaired) electrons. The molecule has 0 heterocycles. The van der Waals surface area contributed by atoms with Crippen LogP contribution in [0, 0.1) is 17.0 Å². The van der Waals surface area contributed by atoms with Gasteiger partial charge in [-0.25, -0.2) is 0 Å². The molecular weight excluding hydrogens is 266 g/mol. The van der Waals surface area contributed by atoms with Gasteiger partial charge in [0.25, 0.3) is 5.69 Å². The van der Waals surface area contributed by atoms with E-state index < -0.39 is 0 Å². The highest BCUT2D eigenvalue weighted by Crippen LogP contribution is 2.31. The van der Waals surface area contributed by atoms with Gasteiger partial charge in [0.2, 0.25) is 0 Å². The summed E-state index contributed by atoms with van der Waals surface area (Å²) in [5.41, 5.74) is 3.82. The number of anilines is 3. The molecule has 0 bridgehead atoms. The lowest BCUT2D eigenvalue weighted by molar-refractivity contribution is -0.384. The zero-order chi connectivity index (χ0) is 15.4. The topological polar surface area (TPSA) is 58.4 Å². The van der Waals surface area contributed by atoms with Crippen LogP contribution in [0.2, 0.25) is 0 Å². The number of non-ortho nitro benzene ring substituents is 1. The number of benzene rings is 2. The fraction of sp³-hybridized carbons (Fsp3) is 0.250. The van der Waals surface area contributed by atoms with E-state index in [1.165, 1.54) is 11.6 Å². The van der Waals surface area contributed by atoms with E-state index in [1.54, 1.807) is 13.1 Å². The highest BCUT2D eigenvalue weighted by atomic mass is 16.6. The average molecular weight is 285 g/mol. The van der Waals surface area contributed by atoms with Crippen LogP contribution < -0.4 is 10.2 Å². The first-order valence-corrected chi connectivity index (χ1v) is 6.86. The van der Waals surface area contributed by atoms with Gasteiger partial charge in [-0.05, 0) is 32.0 Å². The van der Waals surface area contributed by atoms with Gasteiger partial charge in [-0.1, -0.05) is 17.7 Å². The van der Waals surface area contributed by atoms with Gasteiger partial charge >= 0.3 is 0 Å². The molecule has 0 saturated carbocycles. The maximum Gasteiger partial charge on any atom is 0.273 e. The summed E-state index contributed by atoms with van der Waals surface area (Å²) in [5.74, 6) is 0. The maximum absolute atomic E-state index is 11.1. The van der Waals surface area contributed by atoms with Crippen LogP contribution in [0.1, 0.15) is 12.5 Å². The van der Waals surface area contributed by atoms with Gasteiger partial charge in [0.1, 0.15) is 0 Å². The molecule has 2 rings (SSSR count). The van der Waals surface area contributed by atoms with Crippen LogP contribution in [0.4, 0.5) is 22.7 Å². The molecule has 0 aliphatic heterocycles. The summed E-state index contributed by atoms with van der Waals surface area (Å²) < 4.78 is 0. The van der Waals surface area contributed by atoms with Gasteiger partial charge in [-0.2, -0.15) is 0 Å². The molecule has 2 aromatic rings. The Labute approximate surface area is 124 Å². The first-order chi connectivity index (χ1) is 10.0. The van der Waals surface area contributed by atoms with Crippen molar-refractivity contribution < 1.29 is 4.92 Å². The molecule has 0 spiro atoms. The smallest absolute Gasteiger partial charge is 0.273 e. The second kappa shape index (κ2) is 6.26. The van der Waals surface area contributed by atoms with E-state index in [9.17, 15) is 10.1 Å². The Hall–Kier alpha value is -2.56. The molecule has 0 aliphatic carbocycles. The fourth-order valence-corrected chi connectivity index (χ4v) is 2.24. The number of nitro groups is 1. The number of hydrogen-bond acceptors (Lipinski definition) is 4. The number of hydrogen-bond donors (Lipinski definition) is 1. The lowest BCUT2D eigenvalue weighted by Crippen LogP contribution is -2.16. The Kier molecular flexibility index (Phi) is 4.42. The van der Waals surface area contributed by atoms with Crippen LogP contribution in [0.25, 0.3) is 0 Å². The van der Waals surface area contributed by atoms with Crippen molar-refractivity contribution in [1.82, 2.24) is 0 Å². The minimum absolute atomic E-state index is 0.0856. The molecule has 5 nitrogen and oxygen atoms in total.